The molecule has 140 valence electrons. The van der Waals surface area contributed by atoms with Gasteiger partial charge >= 0.3 is 0 Å². The third kappa shape index (κ3) is 3.72. The summed E-state index contributed by atoms with van der Waals surface area (Å²) >= 11 is 0. The first-order valence-electron chi connectivity index (χ1n) is 9.39. The fraction of sp³-hybridized carbons (Fsp3) is 0.350. The van der Waals surface area contributed by atoms with E-state index in [0.717, 1.165) is 42.2 Å². The van der Waals surface area contributed by atoms with E-state index in [1.165, 1.54) is 0 Å². The number of carbonyl (C=O) groups is 1. The van der Waals surface area contributed by atoms with Gasteiger partial charge in [-0.05, 0) is 36.6 Å². The van der Waals surface area contributed by atoms with Crippen molar-refractivity contribution in [1.29, 1.82) is 0 Å². The molecule has 0 bridgehead atoms. The largest absolute Gasteiger partial charge is 0.369 e. The van der Waals surface area contributed by atoms with Crippen molar-refractivity contribution in [3.63, 3.8) is 0 Å². The monoisotopic (exact) mass is 364 g/mol. The van der Waals surface area contributed by atoms with Crippen molar-refractivity contribution < 1.29 is 4.79 Å². The molecule has 1 aromatic carbocycles. The van der Waals surface area contributed by atoms with Gasteiger partial charge in [0.15, 0.2) is 5.82 Å². The summed E-state index contributed by atoms with van der Waals surface area (Å²) in [4.78, 5) is 16.8. The van der Waals surface area contributed by atoms with E-state index in [-0.39, 0.29) is 5.91 Å². The Kier molecular flexibility index (Phi) is 4.91. The third-order valence-electron chi connectivity index (χ3n) is 4.95. The molecule has 0 radical (unpaired) electrons. The summed E-state index contributed by atoms with van der Waals surface area (Å²) < 4.78 is 2.02. The van der Waals surface area contributed by atoms with Crippen LogP contribution in [0.15, 0.2) is 48.7 Å². The summed E-state index contributed by atoms with van der Waals surface area (Å²) in [5.41, 5.74) is 1.10. The molecule has 0 atom stereocenters. The van der Waals surface area contributed by atoms with Gasteiger partial charge in [0.2, 0.25) is 5.91 Å². The molecule has 1 saturated heterocycles. The van der Waals surface area contributed by atoms with E-state index in [1.54, 1.807) is 0 Å². The molecule has 2 aromatic heterocycles. The Morgan fingerprint density at radius 1 is 1.04 bits per heavy atom. The van der Waals surface area contributed by atoms with E-state index < -0.39 is 0 Å². The van der Waals surface area contributed by atoms with E-state index in [0.29, 0.717) is 19.6 Å². The zero-order chi connectivity index (χ0) is 18.6. The van der Waals surface area contributed by atoms with Crippen LogP contribution in [0.3, 0.4) is 0 Å². The van der Waals surface area contributed by atoms with Crippen molar-refractivity contribution in [1.82, 2.24) is 19.7 Å². The van der Waals surface area contributed by atoms with Gasteiger partial charge in [-0.3, -0.25) is 4.79 Å². The standard InChI is InChI=1S/C20H24N6O/c1-2-21-18-7-8-19(23-22-18)24-11-13-25(14-12-24)20(27)15-26-10-9-16-5-3-4-6-17(16)26/h3-10H,2,11-15H2,1H3,(H,21,22). The first-order valence-corrected chi connectivity index (χ1v) is 9.39. The van der Waals surface area contributed by atoms with Crippen LogP contribution in [-0.2, 0) is 11.3 Å². The zero-order valence-electron chi connectivity index (χ0n) is 15.5. The lowest BCUT2D eigenvalue weighted by atomic mass is 10.2. The molecule has 27 heavy (non-hydrogen) atoms. The molecule has 1 N–H and O–H groups in total. The van der Waals surface area contributed by atoms with E-state index in [4.69, 9.17) is 0 Å². The number of rotatable bonds is 5. The molecule has 7 nitrogen and oxygen atoms in total. The molecule has 4 rings (SSSR count). The van der Waals surface area contributed by atoms with Crippen LogP contribution in [0.4, 0.5) is 11.6 Å². The van der Waals surface area contributed by atoms with Crippen LogP contribution in [0, 0.1) is 0 Å². The third-order valence-corrected chi connectivity index (χ3v) is 4.95. The summed E-state index contributed by atoms with van der Waals surface area (Å²) in [6, 6.07) is 14.1. The predicted octanol–water partition coefficient (Wildman–Crippen LogP) is 2.21. The topological polar surface area (TPSA) is 66.3 Å². The number of aromatic nitrogens is 3. The number of amides is 1. The highest BCUT2D eigenvalue weighted by Crippen LogP contribution is 2.17. The van der Waals surface area contributed by atoms with Crippen LogP contribution in [0.2, 0.25) is 0 Å². The summed E-state index contributed by atoms with van der Waals surface area (Å²) in [6.07, 6.45) is 1.99. The molecule has 0 spiro atoms. The van der Waals surface area contributed by atoms with E-state index >= 15 is 0 Å². The van der Waals surface area contributed by atoms with Gasteiger partial charge < -0.3 is 19.7 Å². The lowest BCUT2D eigenvalue weighted by Gasteiger charge is -2.35. The maximum Gasteiger partial charge on any atom is 0.242 e. The van der Waals surface area contributed by atoms with Gasteiger partial charge in [-0.15, -0.1) is 10.2 Å². The Hall–Kier alpha value is -3.09. The summed E-state index contributed by atoms with van der Waals surface area (Å²) in [6.45, 7) is 6.18. The van der Waals surface area contributed by atoms with Gasteiger partial charge in [0.1, 0.15) is 12.4 Å². The van der Waals surface area contributed by atoms with Crippen molar-refractivity contribution in [2.24, 2.45) is 0 Å². The number of benzene rings is 1. The first-order chi connectivity index (χ1) is 13.2. The van der Waals surface area contributed by atoms with Gasteiger partial charge in [0, 0.05) is 44.4 Å². The molecule has 1 fully saturated rings. The van der Waals surface area contributed by atoms with Gasteiger partial charge in [-0.1, -0.05) is 18.2 Å². The van der Waals surface area contributed by atoms with Gasteiger partial charge in [0.25, 0.3) is 0 Å². The zero-order valence-corrected chi connectivity index (χ0v) is 15.5. The van der Waals surface area contributed by atoms with Gasteiger partial charge in [-0.25, -0.2) is 0 Å². The van der Waals surface area contributed by atoms with Crippen molar-refractivity contribution in [2.45, 2.75) is 13.5 Å². The van der Waals surface area contributed by atoms with Crippen LogP contribution >= 0.6 is 0 Å². The first kappa shape index (κ1) is 17.3. The SMILES string of the molecule is CCNc1ccc(N2CCN(C(=O)Cn3ccc4ccccc43)CC2)nn1. The van der Waals surface area contributed by atoms with Crippen molar-refractivity contribution in [2.75, 3.05) is 42.9 Å². The number of anilines is 2. The number of hydrogen-bond acceptors (Lipinski definition) is 5. The number of nitrogens with one attached hydrogen (secondary N) is 1. The smallest absolute Gasteiger partial charge is 0.242 e. The number of nitrogens with zero attached hydrogens (tertiary/aromatic N) is 5. The minimum atomic E-state index is 0.157. The normalized spacial score (nSPS) is 14.6. The summed E-state index contributed by atoms with van der Waals surface area (Å²) in [5, 5.41) is 12.8. The minimum absolute atomic E-state index is 0.157. The Bertz CT molecular complexity index is 912. The van der Waals surface area contributed by atoms with Crippen LogP contribution in [0.5, 0.6) is 0 Å². The molecule has 3 aromatic rings. The fourth-order valence-electron chi connectivity index (χ4n) is 3.48. The maximum atomic E-state index is 12.7. The Morgan fingerprint density at radius 2 is 1.85 bits per heavy atom. The summed E-state index contributed by atoms with van der Waals surface area (Å²) in [7, 11) is 0. The van der Waals surface area contributed by atoms with Crippen molar-refractivity contribution in [3.8, 4) is 0 Å². The van der Waals surface area contributed by atoms with Gasteiger partial charge in [0.05, 0.1) is 0 Å². The molecule has 0 unspecified atom stereocenters. The predicted molar refractivity (Wildman–Crippen MR) is 107 cm³/mol. The number of carbonyl (C=O) groups excluding carboxylic acids is 1. The Balaban J connectivity index is 1.35. The minimum Gasteiger partial charge on any atom is -0.369 e. The summed E-state index contributed by atoms with van der Waals surface area (Å²) in [5.74, 6) is 1.80. The second-order valence-electron chi connectivity index (χ2n) is 6.68. The lowest BCUT2D eigenvalue weighted by molar-refractivity contribution is -0.132. The Morgan fingerprint density at radius 3 is 2.59 bits per heavy atom. The number of hydrogen-bond donors (Lipinski definition) is 1. The fourth-order valence-corrected chi connectivity index (χ4v) is 3.48. The van der Waals surface area contributed by atoms with E-state index in [1.807, 2.05) is 46.9 Å². The van der Waals surface area contributed by atoms with Crippen LogP contribution in [0.1, 0.15) is 6.92 Å². The van der Waals surface area contributed by atoms with Crippen LogP contribution in [0.25, 0.3) is 10.9 Å². The van der Waals surface area contributed by atoms with E-state index in [9.17, 15) is 4.79 Å². The van der Waals surface area contributed by atoms with Crippen LogP contribution in [-0.4, -0.2) is 58.3 Å². The second kappa shape index (κ2) is 7.65. The highest BCUT2D eigenvalue weighted by molar-refractivity contribution is 5.83. The van der Waals surface area contributed by atoms with Crippen molar-refractivity contribution in [3.05, 3.63) is 48.7 Å². The average molecular weight is 364 g/mol. The highest BCUT2D eigenvalue weighted by atomic mass is 16.2. The number of para-hydroxylation sites is 1. The molecule has 0 aliphatic carbocycles. The molecular weight excluding hydrogens is 340 g/mol. The molecule has 3 heterocycles. The molecule has 7 heteroatoms. The number of piperazine rings is 1. The van der Waals surface area contributed by atoms with Gasteiger partial charge in [-0.2, -0.15) is 0 Å². The molecule has 1 aliphatic rings. The molecule has 1 aliphatic heterocycles. The maximum absolute atomic E-state index is 12.7. The molecular formula is C20H24N6O. The lowest BCUT2D eigenvalue weighted by Crippen LogP contribution is -2.49. The second-order valence-corrected chi connectivity index (χ2v) is 6.68. The van der Waals surface area contributed by atoms with Crippen LogP contribution < -0.4 is 10.2 Å². The quantitative estimate of drug-likeness (QED) is 0.752. The molecule has 1 amide bonds. The Labute approximate surface area is 158 Å². The highest BCUT2D eigenvalue weighted by Gasteiger charge is 2.22. The average Bonchev–Trinajstić information content (AvgIpc) is 3.12. The number of fused-ring (bicyclic) bond motifs is 1. The van der Waals surface area contributed by atoms with E-state index in [2.05, 4.69) is 38.6 Å². The molecule has 0 saturated carbocycles. The van der Waals surface area contributed by atoms with Crippen molar-refractivity contribution >= 4 is 28.4 Å².